The second-order valence-corrected chi connectivity index (χ2v) is 9.98. The molecular weight excluding hydrogens is 434 g/mol. The third-order valence-electron chi connectivity index (χ3n) is 5.63. The predicted molar refractivity (Wildman–Crippen MR) is 130 cm³/mol. The SMILES string of the molecule is CC(C)(O)C#Cc1cc(CCc2cc(-c3cnc(C4CCN(O)CC4)s3)cnc2N)ccn1. The number of nitrogens with two attached hydrogens (primary N) is 1. The number of aryl methyl sites for hydroxylation is 2. The molecule has 0 saturated carbocycles. The van der Waals surface area contributed by atoms with Gasteiger partial charge in [-0.15, -0.1) is 11.3 Å². The van der Waals surface area contributed by atoms with Crippen LogP contribution in [0.15, 0.2) is 36.8 Å². The van der Waals surface area contributed by atoms with Crippen LogP contribution in [0, 0.1) is 11.8 Å². The van der Waals surface area contributed by atoms with Gasteiger partial charge in [-0.25, -0.2) is 15.0 Å². The summed E-state index contributed by atoms with van der Waals surface area (Å²) < 4.78 is 0. The van der Waals surface area contributed by atoms with Crippen molar-refractivity contribution in [3.63, 3.8) is 0 Å². The fourth-order valence-corrected chi connectivity index (χ4v) is 4.84. The molecule has 172 valence electrons. The van der Waals surface area contributed by atoms with Crippen LogP contribution in [0.1, 0.15) is 54.4 Å². The summed E-state index contributed by atoms with van der Waals surface area (Å²) in [6.45, 7) is 4.67. The molecule has 1 aliphatic heterocycles. The zero-order valence-corrected chi connectivity index (χ0v) is 19.8. The van der Waals surface area contributed by atoms with E-state index < -0.39 is 5.60 Å². The van der Waals surface area contributed by atoms with Crippen LogP contribution in [0.25, 0.3) is 10.4 Å². The van der Waals surface area contributed by atoms with Crippen molar-refractivity contribution in [3.05, 3.63) is 58.6 Å². The number of rotatable bonds is 5. The first kappa shape index (κ1) is 23.3. The van der Waals surface area contributed by atoms with E-state index in [-0.39, 0.29) is 0 Å². The molecule has 1 fully saturated rings. The molecule has 33 heavy (non-hydrogen) atoms. The summed E-state index contributed by atoms with van der Waals surface area (Å²) in [6.07, 6.45) is 8.83. The topological polar surface area (TPSA) is 108 Å². The Labute approximate surface area is 198 Å². The average Bonchev–Trinajstić information content (AvgIpc) is 3.28. The number of pyridine rings is 2. The summed E-state index contributed by atoms with van der Waals surface area (Å²) in [6, 6.07) is 6.02. The zero-order chi connectivity index (χ0) is 23.4. The van der Waals surface area contributed by atoms with E-state index in [1.54, 1.807) is 31.4 Å². The predicted octanol–water partition coefficient (Wildman–Crippen LogP) is 3.66. The minimum atomic E-state index is -1.05. The van der Waals surface area contributed by atoms with Gasteiger partial charge in [-0.3, -0.25) is 0 Å². The van der Waals surface area contributed by atoms with Crippen LogP contribution in [-0.2, 0) is 12.8 Å². The Hall–Kier alpha value is -2.83. The summed E-state index contributed by atoms with van der Waals surface area (Å²) in [7, 11) is 0. The van der Waals surface area contributed by atoms with Gasteiger partial charge < -0.3 is 16.0 Å². The van der Waals surface area contributed by atoms with Crippen LogP contribution >= 0.6 is 11.3 Å². The summed E-state index contributed by atoms with van der Waals surface area (Å²) >= 11 is 1.70. The lowest BCUT2D eigenvalue weighted by Gasteiger charge is -2.25. The van der Waals surface area contributed by atoms with Crippen LogP contribution in [0.3, 0.4) is 0 Å². The molecule has 0 aromatic carbocycles. The molecule has 4 rings (SSSR count). The van der Waals surface area contributed by atoms with Gasteiger partial charge in [-0.05, 0) is 74.8 Å². The van der Waals surface area contributed by atoms with Crippen molar-refractivity contribution in [1.82, 2.24) is 20.0 Å². The van der Waals surface area contributed by atoms with Gasteiger partial charge in [0.25, 0.3) is 0 Å². The standard InChI is InChI=1S/C25H29N5O2S/c1-25(2,31)9-5-21-13-17(6-10-27-21)3-4-19-14-20(15-28-23(19)26)22-16-29-24(33-22)18-7-11-30(32)12-8-18/h6,10,13-16,18,31-32H,3-4,7-8,11-12H2,1-2H3,(H2,26,28). The minimum absolute atomic E-state index is 0.397. The van der Waals surface area contributed by atoms with E-state index in [1.165, 1.54) is 5.06 Å². The molecule has 3 aromatic heterocycles. The van der Waals surface area contributed by atoms with Crippen molar-refractivity contribution in [1.29, 1.82) is 0 Å². The maximum Gasteiger partial charge on any atom is 0.126 e. The molecule has 0 unspecified atom stereocenters. The molecule has 4 N–H and O–H groups in total. The Balaban J connectivity index is 1.46. The van der Waals surface area contributed by atoms with Gasteiger partial charge in [-0.1, -0.05) is 5.92 Å². The lowest BCUT2D eigenvalue weighted by atomic mass is 9.99. The van der Waals surface area contributed by atoms with Crippen LogP contribution < -0.4 is 5.73 Å². The van der Waals surface area contributed by atoms with E-state index in [0.717, 1.165) is 52.3 Å². The molecule has 0 amide bonds. The first-order valence-electron chi connectivity index (χ1n) is 11.1. The maximum absolute atomic E-state index is 9.80. The first-order valence-corrected chi connectivity index (χ1v) is 11.9. The largest absolute Gasteiger partial charge is 0.383 e. The molecular formula is C25H29N5O2S. The highest BCUT2D eigenvalue weighted by Crippen LogP contribution is 2.35. The van der Waals surface area contributed by atoms with Gasteiger partial charge in [0, 0.05) is 43.2 Å². The Morgan fingerprint density at radius 2 is 1.94 bits per heavy atom. The fourth-order valence-electron chi connectivity index (χ4n) is 3.77. The summed E-state index contributed by atoms with van der Waals surface area (Å²) in [5.74, 6) is 6.66. The van der Waals surface area contributed by atoms with Crippen molar-refractivity contribution < 1.29 is 10.3 Å². The lowest BCUT2D eigenvalue weighted by molar-refractivity contribution is -0.106. The fraction of sp³-hybridized carbons (Fsp3) is 0.400. The van der Waals surface area contributed by atoms with Gasteiger partial charge in [0.15, 0.2) is 0 Å². The van der Waals surface area contributed by atoms with E-state index in [0.29, 0.717) is 30.5 Å². The van der Waals surface area contributed by atoms with E-state index in [9.17, 15) is 10.3 Å². The molecule has 3 aromatic rings. The third kappa shape index (κ3) is 6.36. The number of hydrogen-bond acceptors (Lipinski definition) is 8. The van der Waals surface area contributed by atoms with E-state index in [2.05, 4.69) is 32.9 Å². The number of anilines is 1. The Kier molecular flexibility index (Phi) is 7.05. The minimum Gasteiger partial charge on any atom is -0.383 e. The highest BCUT2D eigenvalue weighted by molar-refractivity contribution is 7.15. The monoisotopic (exact) mass is 463 g/mol. The Morgan fingerprint density at radius 1 is 1.15 bits per heavy atom. The number of aliphatic hydroxyl groups is 1. The highest BCUT2D eigenvalue weighted by atomic mass is 32.1. The van der Waals surface area contributed by atoms with E-state index >= 15 is 0 Å². The number of piperidine rings is 1. The van der Waals surface area contributed by atoms with Crippen molar-refractivity contribution in [2.24, 2.45) is 0 Å². The normalized spacial score (nSPS) is 15.3. The highest BCUT2D eigenvalue weighted by Gasteiger charge is 2.22. The summed E-state index contributed by atoms with van der Waals surface area (Å²) in [5.41, 5.74) is 8.89. The molecule has 0 bridgehead atoms. The van der Waals surface area contributed by atoms with Gasteiger partial charge in [0.1, 0.15) is 17.1 Å². The van der Waals surface area contributed by atoms with Crippen molar-refractivity contribution in [2.75, 3.05) is 18.8 Å². The molecule has 1 saturated heterocycles. The van der Waals surface area contributed by atoms with Crippen molar-refractivity contribution >= 4 is 17.2 Å². The molecule has 8 heteroatoms. The first-order chi connectivity index (χ1) is 15.8. The molecule has 7 nitrogen and oxygen atoms in total. The average molecular weight is 464 g/mol. The van der Waals surface area contributed by atoms with Gasteiger partial charge in [0.2, 0.25) is 0 Å². The van der Waals surface area contributed by atoms with Gasteiger partial charge >= 0.3 is 0 Å². The maximum atomic E-state index is 9.80. The summed E-state index contributed by atoms with van der Waals surface area (Å²) in [5, 5.41) is 21.9. The van der Waals surface area contributed by atoms with Crippen LogP contribution in [0.5, 0.6) is 0 Å². The Bertz CT molecular complexity index is 1170. The van der Waals surface area contributed by atoms with Gasteiger partial charge in [-0.2, -0.15) is 5.06 Å². The second kappa shape index (κ2) is 9.98. The molecule has 0 aliphatic carbocycles. The number of thiazole rings is 1. The molecule has 0 atom stereocenters. The van der Waals surface area contributed by atoms with Crippen LogP contribution in [-0.4, -0.2) is 49.0 Å². The summed E-state index contributed by atoms with van der Waals surface area (Å²) in [4.78, 5) is 14.4. The third-order valence-corrected chi connectivity index (χ3v) is 6.84. The molecule has 0 spiro atoms. The number of aromatic nitrogens is 3. The van der Waals surface area contributed by atoms with E-state index in [4.69, 9.17) is 5.73 Å². The number of nitrogens with zero attached hydrogens (tertiary/aromatic N) is 4. The van der Waals surface area contributed by atoms with Crippen LogP contribution in [0.4, 0.5) is 5.82 Å². The smallest absolute Gasteiger partial charge is 0.126 e. The Morgan fingerprint density at radius 3 is 2.70 bits per heavy atom. The van der Waals surface area contributed by atoms with Crippen molar-refractivity contribution in [3.8, 4) is 22.3 Å². The molecule has 0 radical (unpaired) electrons. The molecule has 4 heterocycles. The van der Waals surface area contributed by atoms with E-state index in [1.807, 2.05) is 24.5 Å². The number of hydrogen-bond donors (Lipinski definition) is 3. The van der Waals surface area contributed by atoms with Gasteiger partial charge in [0.05, 0.1) is 9.88 Å². The zero-order valence-electron chi connectivity index (χ0n) is 19.0. The number of hydroxylamine groups is 2. The lowest BCUT2D eigenvalue weighted by Crippen LogP contribution is -2.29. The van der Waals surface area contributed by atoms with Crippen LogP contribution in [0.2, 0.25) is 0 Å². The molecule has 1 aliphatic rings. The number of nitrogen functional groups attached to an aromatic ring is 1. The quantitative estimate of drug-likeness (QED) is 0.496. The van der Waals surface area contributed by atoms with Crippen molar-refractivity contribution in [2.45, 2.75) is 51.0 Å². The second-order valence-electron chi connectivity index (χ2n) is 8.92.